The van der Waals surface area contributed by atoms with Gasteiger partial charge in [-0.05, 0) is 35.4 Å². The second kappa shape index (κ2) is 5.35. The van der Waals surface area contributed by atoms with Crippen molar-refractivity contribution in [3.05, 3.63) is 48.0 Å². The summed E-state index contributed by atoms with van der Waals surface area (Å²) in [6.45, 7) is 0. The molecule has 1 amide bonds. The zero-order valence-electron chi connectivity index (χ0n) is 10.6. The van der Waals surface area contributed by atoms with E-state index in [1.54, 1.807) is 12.1 Å². The first-order valence-electron chi connectivity index (χ1n) is 5.82. The fourth-order valence-electron chi connectivity index (χ4n) is 1.85. The number of halogens is 3. The van der Waals surface area contributed by atoms with E-state index in [-0.39, 0.29) is 11.3 Å². The molecule has 0 fully saturated rings. The minimum Gasteiger partial charge on any atom is -0.406 e. The molecule has 0 heterocycles. The fourth-order valence-corrected chi connectivity index (χ4v) is 1.85. The van der Waals surface area contributed by atoms with Gasteiger partial charge in [-0.25, -0.2) is 0 Å². The van der Waals surface area contributed by atoms with Gasteiger partial charge in [0.05, 0.1) is 0 Å². The lowest BCUT2D eigenvalue weighted by Crippen LogP contribution is -2.17. The predicted octanol–water partition coefficient (Wildman–Crippen LogP) is 2.93. The number of primary amides is 1. The van der Waals surface area contributed by atoms with Crippen LogP contribution < -0.4 is 16.2 Å². The SMILES string of the molecule is NC(=O)c1cc(N)ccc1-c1ccc(OC(F)(F)F)cc1. The number of hydrogen-bond donors (Lipinski definition) is 2. The third-order valence-corrected chi connectivity index (χ3v) is 2.71. The minimum atomic E-state index is -4.75. The lowest BCUT2D eigenvalue weighted by atomic mass is 9.98. The molecule has 7 heteroatoms. The van der Waals surface area contributed by atoms with Crippen LogP contribution in [0.5, 0.6) is 5.75 Å². The van der Waals surface area contributed by atoms with Gasteiger partial charge in [0.2, 0.25) is 5.91 Å². The Bertz CT molecular complexity index is 667. The van der Waals surface area contributed by atoms with Crippen molar-refractivity contribution in [1.82, 2.24) is 0 Å². The maximum absolute atomic E-state index is 12.1. The summed E-state index contributed by atoms with van der Waals surface area (Å²) in [4.78, 5) is 11.4. The first kappa shape index (κ1) is 14.7. The number of rotatable bonds is 3. The van der Waals surface area contributed by atoms with E-state index in [0.717, 1.165) is 12.1 Å². The summed E-state index contributed by atoms with van der Waals surface area (Å²) in [5, 5.41) is 0. The molecule has 110 valence electrons. The largest absolute Gasteiger partial charge is 0.573 e. The molecule has 0 radical (unpaired) electrons. The average molecular weight is 296 g/mol. The fraction of sp³-hybridized carbons (Fsp3) is 0.0714. The van der Waals surface area contributed by atoms with Crippen molar-refractivity contribution < 1.29 is 22.7 Å². The molecule has 0 bridgehead atoms. The second-order valence-electron chi connectivity index (χ2n) is 4.24. The summed E-state index contributed by atoms with van der Waals surface area (Å²) in [5.74, 6) is -1.02. The molecule has 0 unspecified atom stereocenters. The Morgan fingerprint density at radius 3 is 2.19 bits per heavy atom. The summed E-state index contributed by atoms with van der Waals surface area (Å²) < 4.78 is 40.0. The summed E-state index contributed by atoms with van der Waals surface area (Å²) >= 11 is 0. The van der Waals surface area contributed by atoms with Crippen molar-refractivity contribution in [2.24, 2.45) is 5.73 Å². The molecule has 0 aliphatic carbocycles. The van der Waals surface area contributed by atoms with Gasteiger partial charge in [-0.3, -0.25) is 4.79 Å². The molecule has 0 aliphatic heterocycles. The number of anilines is 1. The van der Waals surface area contributed by atoms with Crippen LogP contribution in [0.2, 0.25) is 0 Å². The lowest BCUT2D eigenvalue weighted by Gasteiger charge is -2.11. The highest BCUT2D eigenvalue weighted by Crippen LogP contribution is 2.29. The summed E-state index contributed by atoms with van der Waals surface area (Å²) in [6.07, 6.45) is -4.75. The maximum Gasteiger partial charge on any atom is 0.573 e. The van der Waals surface area contributed by atoms with Gasteiger partial charge in [-0.1, -0.05) is 18.2 Å². The van der Waals surface area contributed by atoms with Crippen molar-refractivity contribution in [3.63, 3.8) is 0 Å². The van der Waals surface area contributed by atoms with E-state index in [2.05, 4.69) is 4.74 Å². The topological polar surface area (TPSA) is 78.3 Å². The summed E-state index contributed by atoms with van der Waals surface area (Å²) in [7, 11) is 0. The van der Waals surface area contributed by atoms with Crippen LogP contribution in [-0.4, -0.2) is 12.3 Å². The van der Waals surface area contributed by atoms with Crippen molar-refractivity contribution >= 4 is 11.6 Å². The molecule has 2 rings (SSSR count). The molecule has 0 saturated heterocycles. The van der Waals surface area contributed by atoms with Crippen LogP contribution in [0, 0.1) is 0 Å². The predicted molar refractivity (Wildman–Crippen MR) is 71.5 cm³/mol. The number of nitrogen functional groups attached to an aromatic ring is 1. The first-order valence-corrected chi connectivity index (χ1v) is 5.82. The van der Waals surface area contributed by atoms with Gasteiger partial charge in [0, 0.05) is 11.3 Å². The van der Waals surface area contributed by atoms with Crippen molar-refractivity contribution in [2.45, 2.75) is 6.36 Å². The van der Waals surface area contributed by atoms with E-state index in [0.29, 0.717) is 16.8 Å². The van der Waals surface area contributed by atoms with Gasteiger partial charge in [0.15, 0.2) is 0 Å². The number of carbonyl (C=O) groups excluding carboxylic acids is 1. The minimum absolute atomic E-state index is 0.194. The van der Waals surface area contributed by atoms with Crippen LogP contribution in [0.25, 0.3) is 11.1 Å². The number of nitrogens with two attached hydrogens (primary N) is 2. The van der Waals surface area contributed by atoms with Gasteiger partial charge < -0.3 is 16.2 Å². The van der Waals surface area contributed by atoms with Crippen molar-refractivity contribution in [2.75, 3.05) is 5.73 Å². The Hall–Kier alpha value is -2.70. The molecular formula is C14H11F3N2O2. The van der Waals surface area contributed by atoms with E-state index in [1.165, 1.54) is 18.2 Å². The van der Waals surface area contributed by atoms with E-state index in [9.17, 15) is 18.0 Å². The smallest absolute Gasteiger partial charge is 0.406 e. The number of alkyl halides is 3. The molecule has 0 atom stereocenters. The van der Waals surface area contributed by atoms with Crippen LogP contribution in [-0.2, 0) is 0 Å². The van der Waals surface area contributed by atoms with Gasteiger partial charge in [-0.2, -0.15) is 0 Å². The Morgan fingerprint density at radius 2 is 1.67 bits per heavy atom. The van der Waals surface area contributed by atoms with Gasteiger partial charge in [-0.15, -0.1) is 13.2 Å². The maximum atomic E-state index is 12.1. The number of amides is 1. The van der Waals surface area contributed by atoms with Gasteiger partial charge in [0.1, 0.15) is 5.75 Å². The molecule has 4 N–H and O–H groups in total. The molecule has 0 spiro atoms. The number of ether oxygens (including phenoxy) is 1. The molecule has 0 aliphatic rings. The molecule has 21 heavy (non-hydrogen) atoms. The first-order chi connectivity index (χ1) is 9.76. The Morgan fingerprint density at radius 1 is 1.05 bits per heavy atom. The molecule has 0 aromatic heterocycles. The quantitative estimate of drug-likeness (QED) is 0.855. The second-order valence-corrected chi connectivity index (χ2v) is 4.24. The Labute approximate surface area is 118 Å². The molecule has 4 nitrogen and oxygen atoms in total. The summed E-state index contributed by atoms with van der Waals surface area (Å²) in [5.41, 5.74) is 12.4. The average Bonchev–Trinajstić information content (AvgIpc) is 2.38. The van der Waals surface area contributed by atoms with Gasteiger partial charge in [0.25, 0.3) is 0 Å². The third-order valence-electron chi connectivity index (χ3n) is 2.71. The molecule has 0 saturated carbocycles. The standard InChI is InChI=1S/C14H11F3N2O2/c15-14(16,17)21-10-4-1-8(2-5-10)11-6-3-9(18)7-12(11)13(19)20/h1-7H,18H2,(H2,19,20). The van der Waals surface area contributed by atoms with E-state index < -0.39 is 12.3 Å². The van der Waals surface area contributed by atoms with Crippen LogP contribution in [0.15, 0.2) is 42.5 Å². The number of benzene rings is 2. The highest BCUT2D eigenvalue weighted by atomic mass is 19.4. The van der Waals surface area contributed by atoms with Crippen LogP contribution >= 0.6 is 0 Å². The van der Waals surface area contributed by atoms with E-state index in [1.807, 2.05) is 0 Å². The van der Waals surface area contributed by atoms with Crippen LogP contribution in [0.3, 0.4) is 0 Å². The Balaban J connectivity index is 2.37. The third kappa shape index (κ3) is 3.65. The summed E-state index contributed by atoms with van der Waals surface area (Å²) in [6, 6.07) is 9.68. The number of hydrogen-bond acceptors (Lipinski definition) is 3. The molecule has 2 aromatic carbocycles. The zero-order valence-corrected chi connectivity index (χ0v) is 10.6. The van der Waals surface area contributed by atoms with Gasteiger partial charge >= 0.3 is 6.36 Å². The highest BCUT2D eigenvalue weighted by molar-refractivity contribution is 6.00. The number of carbonyl (C=O) groups is 1. The monoisotopic (exact) mass is 296 g/mol. The zero-order chi connectivity index (χ0) is 15.6. The molecule has 2 aromatic rings. The lowest BCUT2D eigenvalue weighted by molar-refractivity contribution is -0.274. The van der Waals surface area contributed by atoms with Crippen LogP contribution in [0.4, 0.5) is 18.9 Å². The van der Waals surface area contributed by atoms with Crippen molar-refractivity contribution in [3.8, 4) is 16.9 Å². The highest BCUT2D eigenvalue weighted by Gasteiger charge is 2.31. The van der Waals surface area contributed by atoms with E-state index >= 15 is 0 Å². The normalized spacial score (nSPS) is 11.2. The van der Waals surface area contributed by atoms with Crippen molar-refractivity contribution in [1.29, 1.82) is 0 Å². The van der Waals surface area contributed by atoms with E-state index in [4.69, 9.17) is 11.5 Å². The molecular weight excluding hydrogens is 285 g/mol. The Kier molecular flexibility index (Phi) is 3.75. The van der Waals surface area contributed by atoms with Crippen LogP contribution in [0.1, 0.15) is 10.4 Å².